The Morgan fingerprint density at radius 1 is 1.64 bits per heavy atom. The number of amides is 1. The molecule has 0 aliphatic carbocycles. The summed E-state index contributed by atoms with van der Waals surface area (Å²) in [7, 11) is 1.74. The quantitative estimate of drug-likeness (QED) is 0.592. The van der Waals surface area contributed by atoms with Crippen LogP contribution in [-0.2, 0) is 7.05 Å². The molecule has 0 radical (unpaired) electrons. The van der Waals surface area contributed by atoms with Crippen molar-refractivity contribution in [2.24, 2.45) is 7.05 Å². The van der Waals surface area contributed by atoms with Gasteiger partial charge in [0.25, 0.3) is 5.91 Å². The van der Waals surface area contributed by atoms with Gasteiger partial charge in [-0.2, -0.15) is 5.10 Å². The van der Waals surface area contributed by atoms with Gasteiger partial charge in [0.15, 0.2) is 0 Å². The minimum absolute atomic E-state index is 0.0837. The summed E-state index contributed by atoms with van der Waals surface area (Å²) < 4.78 is 1.55. The maximum atomic E-state index is 11.5. The number of nitrogens with zero attached hydrogens (tertiary/aromatic N) is 2. The summed E-state index contributed by atoms with van der Waals surface area (Å²) in [5.41, 5.74) is 0.580. The Hall–Kier alpha value is -1.03. The van der Waals surface area contributed by atoms with E-state index in [9.17, 15) is 4.79 Å². The number of hydrogen-bond acceptors (Lipinski definition) is 2. The first-order valence-electron chi connectivity index (χ1n) is 4.58. The molecule has 78 valence electrons. The Balaban J connectivity index is 2.32. The van der Waals surface area contributed by atoms with Crippen LogP contribution >= 0.6 is 11.6 Å². The molecule has 1 amide bonds. The Kier molecular flexibility index (Phi) is 4.46. The molecule has 0 fully saturated rings. The number of carbonyl (C=O) groups is 1. The second-order valence-electron chi connectivity index (χ2n) is 2.99. The van der Waals surface area contributed by atoms with E-state index in [1.54, 1.807) is 24.0 Å². The average molecular weight is 216 g/mol. The molecule has 0 saturated carbocycles. The number of halogens is 1. The van der Waals surface area contributed by atoms with Crippen molar-refractivity contribution in [3.05, 3.63) is 18.0 Å². The van der Waals surface area contributed by atoms with Crippen molar-refractivity contribution in [2.45, 2.75) is 12.8 Å². The fourth-order valence-electron chi connectivity index (χ4n) is 1.11. The third kappa shape index (κ3) is 3.03. The number of nitrogens with one attached hydrogen (secondary N) is 1. The standard InChI is InChI=1S/C9H14ClN3O/c1-13-8(4-7-12-13)9(14)11-6-3-2-5-10/h4,7H,2-3,5-6H2,1H3,(H,11,14). The topological polar surface area (TPSA) is 46.9 Å². The number of hydrogen-bond donors (Lipinski definition) is 1. The van der Waals surface area contributed by atoms with Crippen molar-refractivity contribution >= 4 is 17.5 Å². The number of carbonyl (C=O) groups excluding carboxylic acids is 1. The molecule has 0 aliphatic rings. The predicted molar refractivity (Wildman–Crippen MR) is 55.5 cm³/mol. The smallest absolute Gasteiger partial charge is 0.269 e. The van der Waals surface area contributed by atoms with Crippen LogP contribution in [0.1, 0.15) is 23.3 Å². The minimum Gasteiger partial charge on any atom is -0.351 e. The van der Waals surface area contributed by atoms with Gasteiger partial charge in [-0.15, -0.1) is 11.6 Å². The van der Waals surface area contributed by atoms with Gasteiger partial charge < -0.3 is 5.32 Å². The van der Waals surface area contributed by atoms with Crippen LogP contribution in [0, 0.1) is 0 Å². The molecule has 1 aromatic heterocycles. The lowest BCUT2D eigenvalue weighted by molar-refractivity contribution is 0.0944. The first kappa shape index (κ1) is 11.0. The summed E-state index contributed by atoms with van der Waals surface area (Å²) in [5, 5.41) is 6.72. The second-order valence-corrected chi connectivity index (χ2v) is 3.37. The predicted octanol–water partition coefficient (Wildman–Crippen LogP) is 1.17. The highest BCUT2D eigenvalue weighted by atomic mass is 35.5. The van der Waals surface area contributed by atoms with E-state index in [4.69, 9.17) is 11.6 Å². The second kappa shape index (κ2) is 5.65. The van der Waals surface area contributed by atoms with Crippen LogP contribution in [0.4, 0.5) is 0 Å². The normalized spacial score (nSPS) is 10.1. The van der Waals surface area contributed by atoms with Gasteiger partial charge in [0, 0.05) is 25.7 Å². The molecule has 0 spiro atoms. The molecule has 1 N–H and O–H groups in total. The van der Waals surface area contributed by atoms with Crippen molar-refractivity contribution in [3.8, 4) is 0 Å². The summed E-state index contributed by atoms with van der Waals surface area (Å²) in [6.07, 6.45) is 3.44. The fraction of sp³-hybridized carbons (Fsp3) is 0.556. The minimum atomic E-state index is -0.0837. The highest BCUT2D eigenvalue weighted by Gasteiger charge is 2.07. The Morgan fingerprint density at radius 3 is 3.00 bits per heavy atom. The van der Waals surface area contributed by atoms with E-state index >= 15 is 0 Å². The van der Waals surface area contributed by atoms with E-state index in [1.165, 1.54) is 0 Å². The van der Waals surface area contributed by atoms with Gasteiger partial charge in [-0.3, -0.25) is 9.48 Å². The van der Waals surface area contributed by atoms with E-state index in [2.05, 4.69) is 10.4 Å². The van der Waals surface area contributed by atoms with Gasteiger partial charge >= 0.3 is 0 Å². The summed E-state index contributed by atoms with van der Waals surface area (Å²) in [6.45, 7) is 0.663. The molecule has 0 aliphatic heterocycles. The maximum absolute atomic E-state index is 11.5. The van der Waals surface area contributed by atoms with Gasteiger partial charge in [0.05, 0.1) is 0 Å². The van der Waals surface area contributed by atoms with Gasteiger partial charge in [0.1, 0.15) is 5.69 Å². The average Bonchev–Trinajstić information content (AvgIpc) is 2.59. The monoisotopic (exact) mass is 215 g/mol. The van der Waals surface area contributed by atoms with Crippen molar-refractivity contribution in [3.63, 3.8) is 0 Å². The molecule has 0 aromatic carbocycles. The van der Waals surface area contributed by atoms with E-state index in [-0.39, 0.29) is 5.91 Å². The molecule has 1 heterocycles. The lowest BCUT2D eigenvalue weighted by Crippen LogP contribution is -2.26. The molecular formula is C9H14ClN3O. The van der Waals surface area contributed by atoms with Gasteiger partial charge in [-0.25, -0.2) is 0 Å². The third-order valence-electron chi connectivity index (χ3n) is 1.90. The number of aromatic nitrogens is 2. The molecule has 0 unspecified atom stereocenters. The van der Waals surface area contributed by atoms with Crippen molar-refractivity contribution in [2.75, 3.05) is 12.4 Å². The molecule has 0 bridgehead atoms. The Bertz CT molecular complexity index is 298. The largest absolute Gasteiger partial charge is 0.351 e. The van der Waals surface area contributed by atoms with Crippen LogP contribution in [0.25, 0.3) is 0 Å². The van der Waals surface area contributed by atoms with Crippen molar-refractivity contribution in [1.29, 1.82) is 0 Å². The molecule has 4 nitrogen and oxygen atoms in total. The molecule has 0 atom stereocenters. The lowest BCUT2D eigenvalue weighted by Gasteiger charge is -2.03. The fourth-order valence-corrected chi connectivity index (χ4v) is 1.30. The van der Waals surface area contributed by atoms with E-state index in [1.807, 2.05) is 0 Å². The number of unbranched alkanes of at least 4 members (excludes halogenated alkanes) is 1. The van der Waals surface area contributed by atoms with E-state index < -0.39 is 0 Å². The molecule has 0 saturated heterocycles. The van der Waals surface area contributed by atoms with Gasteiger partial charge in [0.2, 0.25) is 0 Å². The zero-order valence-electron chi connectivity index (χ0n) is 8.16. The zero-order valence-corrected chi connectivity index (χ0v) is 8.92. The third-order valence-corrected chi connectivity index (χ3v) is 2.17. The van der Waals surface area contributed by atoms with Crippen LogP contribution in [0.15, 0.2) is 12.3 Å². The van der Waals surface area contributed by atoms with Crippen LogP contribution < -0.4 is 5.32 Å². The zero-order chi connectivity index (χ0) is 10.4. The maximum Gasteiger partial charge on any atom is 0.269 e. The number of aryl methyl sites for hydroxylation is 1. The number of rotatable bonds is 5. The lowest BCUT2D eigenvalue weighted by atomic mass is 10.3. The Labute approximate surface area is 88.2 Å². The summed E-state index contributed by atoms with van der Waals surface area (Å²) in [4.78, 5) is 11.5. The molecule has 1 aromatic rings. The highest BCUT2D eigenvalue weighted by molar-refractivity contribution is 6.17. The summed E-state index contributed by atoms with van der Waals surface area (Å²) >= 11 is 5.51. The molecule has 14 heavy (non-hydrogen) atoms. The van der Waals surface area contributed by atoms with Gasteiger partial charge in [-0.05, 0) is 18.9 Å². The first-order valence-corrected chi connectivity index (χ1v) is 5.11. The van der Waals surface area contributed by atoms with Crippen LogP contribution in [0.2, 0.25) is 0 Å². The van der Waals surface area contributed by atoms with Crippen LogP contribution in [0.3, 0.4) is 0 Å². The number of alkyl halides is 1. The summed E-state index contributed by atoms with van der Waals surface area (Å²) in [6, 6.07) is 1.69. The SMILES string of the molecule is Cn1nccc1C(=O)NCCCCCl. The van der Waals surface area contributed by atoms with E-state index in [0.29, 0.717) is 18.1 Å². The summed E-state index contributed by atoms with van der Waals surface area (Å²) in [5.74, 6) is 0.557. The molecular weight excluding hydrogens is 202 g/mol. The van der Waals surface area contributed by atoms with Crippen molar-refractivity contribution < 1.29 is 4.79 Å². The molecule has 1 rings (SSSR count). The van der Waals surface area contributed by atoms with E-state index in [0.717, 1.165) is 12.8 Å². The Morgan fingerprint density at radius 2 is 2.43 bits per heavy atom. The first-order chi connectivity index (χ1) is 6.75. The van der Waals surface area contributed by atoms with Crippen LogP contribution in [0.5, 0.6) is 0 Å². The van der Waals surface area contributed by atoms with Crippen molar-refractivity contribution in [1.82, 2.24) is 15.1 Å². The van der Waals surface area contributed by atoms with Gasteiger partial charge in [-0.1, -0.05) is 0 Å². The van der Waals surface area contributed by atoms with Crippen LogP contribution in [-0.4, -0.2) is 28.1 Å². The highest BCUT2D eigenvalue weighted by Crippen LogP contribution is 1.96. The molecule has 5 heteroatoms.